The number of halogens is 4. The zero-order valence-corrected chi connectivity index (χ0v) is 18.1. The molecular formula is C23H19ClF3N5O. The molecule has 3 aromatic rings. The van der Waals surface area contributed by atoms with Crippen LogP contribution in [0.4, 0.5) is 18.9 Å². The van der Waals surface area contributed by atoms with Crippen molar-refractivity contribution in [3.05, 3.63) is 76.6 Å². The lowest BCUT2D eigenvalue weighted by molar-refractivity contribution is -0.143. The van der Waals surface area contributed by atoms with Crippen molar-refractivity contribution in [2.24, 2.45) is 0 Å². The molecule has 1 saturated heterocycles. The number of nitrogens with zero attached hydrogens (tertiary/aromatic N) is 5. The molecule has 1 aromatic heterocycles. The second kappa shape index (κ2) is 9.16. The van der Waals surface area contributed by atoms with Crippen molar-refractivity contribution in [3.8, 4) is 11.8 Å². The number of alkyl halides is 3. The molecule has 0 bridgehead atoms. The Kier molecular flexibility index (Phi) is 6.29. The van der Waals surface area contributed by atoms with Gasteiger partial charge >= 0.3 is 6.18 Å². The highest BCUT2D eigenvalue weighted by Crippen LogP contribution is 2.34. The van der Waals surface area contributed by atoms with Crippen LogP contribution in [0.3, 0.4) is 0 Å². The Morgan fingerprint density at radius 1 is 1.03 bits per heavy atom. The minimum atomic E-state index is -4.79. The monoisotopic (exact) mass is 473 g/mol. The summed E-state index contributed by atoms with van der Waals surface area (Å²) in [4.78, 5) is 16.6. The Morgan fingerprint density at radius 2 is 1.79 bits per heavy atom. The number of nitriles is 1. The van der Waals surface area contributed by atoms with E-state index in [-0.39, 0.29) is 17.3 Å². The summed E-state index contributed by atoms with van der Waals surface area (Å²) < 4.78 is 42.7. The highest BCUT2D eigenvalue weighted by Gasteiger charge is 2.41. The summed E-state index contributed by atoms with van der Waals surface area (Å²) in [6, 6.07) is 15.0. The molecule has 10 heteroatoms. The number of carbonyl (C=O) groups excluding carboxylic acids is 1. The Morgan fingerprint density at radius 3 is 2.45 bits per heavy atom. The first kappa shape index (κ1) is 22.7. The minimum Gasteiger partial charge on any atom is -0.370 e. The summed E-state index contributed by atoms with van der Waals surface area (Å²) in [7, 11) is 0. The lowest BCUT2D eigenvalue weighted by atomic mass is 10.2. The number of anilines is 1. The molecule has 0 aliphatic carbocycles. The molecule has 1 aliphatic heterocycles. The molecule has 1 aliphatic rings. The van der Waals surface area contributed by atoms with E-state index in [4.69, 9.17) is 16.9 Å². The fourth-order valence-electron chi connectivity index (χ4n) is 3.88. The molecule has 0 atom stereocenters. The number of carbonyl (C=O) groups is 1. The zero-order chi connectivity index (χ0) is 23.6. The van der Waals surface area contributed by atoms with E-state index in [1.165, 1.54) is 23.1 Å². The van der Waals surface area contributed by atoms with Gasteiger partial charge in [0.25, 0.3) is 5.91 Å². The predicted octanol–water partition coefficient (Wildman–Crippen LogP) is 4.77. The van der Waals surface area contributed by atoms with Crippen molar-refractivity contribution in [2.45, 2.75) is 12.6 Å². The molecule has 0 N–H and O–H groups in total. The first-order valence-electron chi connectivity index (χ1n) is 10.2. The first-order chi connectivity index (χ1) is 15.8. The summed E-state index contributed by atoms with van der Waals surface area (Å²) in [6.45, 7) is 1.69. The average molecular weight is 474 g/mol. The second-order valence-electron chi connectivity index (χ2n) is 7.59. The maximum atomic E-state index is 14.0. The molecule has 1 amide bonds. The number of hydrogen-bond acceptors (Lipinski definition) is 4. The molecule has 2 heterocycles. The molecule has 2 aromatic carbocycles. The van der Waals surface area contributed by atoms with Crippen LogP contribution < -0.4 is 4.90 Å². The summed E-state index contributed by atoms with van der Waals surface area (Å²) >= 11 is 5.93. The Labute approximate surface area is 193 Å². The molecular weight excluding hydrogens is 455 g/mol. The largest absolute Gasteiger partial charge is 0.434 e. The SMILES string of the molecule is N#Cc1ccc(N2CCCN(C(=O)c3cnn(-c4cccc(Cl)c4)c3C(F)(F)F)CC2)cc1. The summed E-state index contributed by atoms with van der Waals surface area (Å²) in [6.07, 6.45) is -3.23. The van der Waals surface area contributed by atoms with Gasteiger partial charge in [0.15, 0.2) is 5.69 Å². The quantitative estimate of drug-likeness (QED) is 0.549. The molecule has 33 heavy (non-hydrogen) atoms. The van der Waals surface area contributed by atoms with E-state index in [1.54, 1.807) is 18.2 Å². The van der Waals surface area contributed by atoms with Gasteiger partial charge in [0.05, 0.1) is 29.1 Å². The van der Waals surface area contributed by atoms with E-state index in [1.807, 2.05) is 12.1 Å². The van der Waals surface area contributed by atoms with Crippen LogP contribution in [0.1, 0.15) is 28.0 Å². The standard InChI is InChI=1S/C23H19ClF3N5O/c24-17-3-1-4-19(13-17)32-21(23(25,26)27)20(15-29-32)22(33)31-10-2-9-30(11-12-31)18-7-5-16(14-28)6-8-18/h1,3-8,13,15H,2,9-12H2. The van der Waals surface area contributed by atoms with Gasteiger partial charge in [0.1, 0.15) is 0 Å². The molecule has 0 saturated carbocycles. The van der Waals surface area contributed by atoms with E-state index in [0.717, 1.165) is 11.9 Å². The maximum absolute atomic E-state index is 14.0. The van der Waals surface area contributed by atoms with Crippen molar-refractivity contribution < 1.29 is 18.0 Å². The van der Waals surface area contributed by atoms with E-state index in [9.17, 15) is 18.0 Å². The van der Waals surface area contributed by atoms with E-state index in [2.05, 4.69) is 16.1 Å². The summed E-state index contributed by atoms with van der Waals surface area (Å²) in [5.41, 5.74) is -0.0520. The van der Waals surface area contributed by atoms with E-state index in [0.29, 0.717) is 36.3 Å². The van der Waals surface area contributed by atoms with Crippen LogP contribution in [0.15, 0.2) is 54.7 Å². The van der Waals surface area contributed by atoms with Crippen molar-refractivity contribution in [1.82, 2.24) is 14.7 Å². The van der Waals surface area contributed by atoms with E-state index < -0.39 is 23.3 Å². The lowest BCUT2D eigenvalue weighted by Gasteiger charge is -2.24. The Hall–Kier alpha value is -3.51. The average Bonchev–Trinajstić information content (AvgIpc) is 3.11. The molecule has 0 radical (unpaired) electrons. The number of benzene rings is 2. The molecule has 1 fully saturated rings. The smallest absolute Gasteiger partial charge is 0.370 e. The predicted molar refractivity (Wildman–Crippen MR) is 117 cm³/mol. The number of rotatable bonds is 3. The van der Waals surface area contributed by atoms with Crippen molar-refractivity contribution in [1.29, 1.82) is 5.26 Å². The number of amides is 1. The van der Waals surface area contributed by atoms with Crippen molar-refractivity contribution >= 4 is 23.2 Å². The highest BCUT2D eigenvalue weighted by molar-refractivity contribution is 6.30. The van der Waals surface area contributed by atoms with Gasteiger partial charge in [-0.05, 0) is 48.9 Å². The molecule has 0 unspecified atom stereocenters. The Balaban J connectivity index is 1.58. The molecule has 170 valence electrons. The third-order valence-corrected chi connectivity index (χ3v) is 5.70. The van der Waals surface area contributed by atoms with Gasteiger partial charge in [-0.15, -0.1) is 0 Å². The summed E-state index contributed by atoms with van der Waals surface area (Å²) in [5, 5.41) is 13.1. The van der Waals surface area contributed by atoms with E-state index >= 15 is 0 Å². The van der Waals surface area contributed by atoms with Crippen LogP contribution in [-0.4, -0.2) is 46.8 Å². The van der Waals surface area contributed by atoms with Crippen LogP contribution in [0.25, 0.3) is 5.69 Å². The third kappa shape index (κ3) is 4.81. The van der Waals surface area contributed by atoms with Gasteiger partial charge in [-0.1, -0.05) is 17.7 Å². The fourth-order valence-corrected chi connectivity index (χ4v) is 4.06. The molecule has 6 nitrogen and oxygen atoms in total. The van der Waals surface area contributed by atoms with Gasteiger partial charge in [0.2, 0.25) is 0 Å². The first-order valence-corrected chi connectivity index (χ1v) is 10.6. The molecule has 4 rings (SSSR count). The normalized spacial score (nSPS) is 14.6. The van der Waals surface area contributed by atoms with Crippen molar-refractivity contribution in [2.75, 3.05) is 31.1 Å². The third-order valence-electron chi connectivity index (χ3n) is 5.47. The van der Waals surface area contributed by atoms with Crippen LogP contribution in [0, 0.1) is 11.3 Å². The Bertz CT molecular complexity index is 1200. The van der Waals surface area contributed by atoms with Gasteiger partial charge in [0, 0.05) is 36.9 Å². The number of aromatic nitrogens is 2. The van der Waals surface area contributed by atoms with Gasteiger partial charge in [-0.25, -0.2) is 4.68 Å². The van der Waals surface area contributed by atoms with Gasteiger partial charge in [-0.2, -0.15) is 23.5 Å². The van der Waals surface area contributed by atoms with Gasteiger partial charge < -0.3 is 9.80 Å². The van der Waals surface area contributed by atoms with Gasteiger partial charge in [-0.3, -0.25) is 4.79 Å². The van der Waals surface area contributed by atoms with Crippen molar-refractivity contribution in [3.63, 3.8) is 0 Å². The summed E-state index contributed by atoms with van der Waals surface area (Å²) in [5.74, 6) is -0.711. The highest BCUT2D eigenvalue weighted by atomic mass is 35.5. The lowest BCUT2D eigenvalue weighted by Crippen LogP contribution is -2.36. The second-order valence-corrected chi connectivity index (χ2v) is 8.02. The number of hydrogen-bond donors (Lipinski definition) is 0. The minimum absolute atomic E-state index is 0.122. The zero-order valence-electron chi connectivity index (χ0n) is 17.4. The van der Waals surface area contributed by atoms with Crippen LogP contribution in [0.5, 0.6) is 0 Å². The maximum Gasteiger partial charge on any atom is 0.434 e. The van der Waals surface area contributed by atoms with Crippen LogP contribution >= 0.6 is 11.6 Å². The fraction of sp³-hybridized carbons (Fsp3) is 0.261. The van der Waals surface area contributed by atoms with Crippen LogP contribution in [-0.2, 0) is 6.18 Å². The topological polar surface area (TPSA) is 65.2 Å². The molecule has 0 spiro atoms. The van der Waals surface area contributed by atoms with Crippen LogP contribution in [0.2, 0.25) is 5.02 Å².